The third-order valence-electron chi connectivity index (χ3n) is 7.13. The number of aromatic amines is 1. The van der Waals surface area contributed by atoms with E-state index in [1.807, 2.05) is 47.4 Å². The molecule has 0 unspecified atom stereocenters. The number of piperidine rings is 1. The first-order valence-electron chi connectivity index (χ1n) is 13.9. The number of aromatic nitrogens is 2. The highest BCUT2D eigenvalue weighted by molar-refractivity contribution is 6.42. The Morgan fingerprint density at radius 1 is 1.02 bits per heavy atom. The molecule has 1 saturated heterocycles. The van der Waals surface area contributed by atoms with Gasteiger partial charge >= 0.3 is 6.09 Å². The number of hydrogen-bond donors (Lipinski definition) is 2. The molecule has 0 spiro atoms. The van der Waals surface area contributed by atoms with E-state index in [1.165, 1.54) is 0 Å². The maximum Gasteiger partial charge on any atom is 0.408 e. The summed E-state index contributed by atoms with van der Waals surface area (Å²) in [4.78, 5) is 37.0. The van der Waals surface area contributed by atoms with Gasteiger partial charge in [0.25, 0.3) is 0 Å². The molecule has 0 saturated carbocycles. The third-order valence-corrected chi connectivity index (χ3v) is 7.86. The fourth-order valence-corrected chi connectivity index (χ4v) is 5.53. The lowest BCUT2D eigenvalue weighted by Crippen LogP contribution is -2.52. The van der Waals surface area contributed by atoms with E-state index in [9.17, 15) is 9.59 Å². The van der Waals surface area contributed by atoms with Crippen LogP contribution in [0.2, 0.25) is 10.0 Å². The van der Waals surface area contributed by atoms with Crippen LogP contribution in [-0.2, 0) is 16.0 Å². The number of halogens is 2. The molecule has 41 heavy (non-hydrogen) atoms. The van der Waals surface area contributed by atoms with E-state index >= 15 is 0 Å². The topological polar surface area (TPSA) is 87.3 Å². The standard InChI is InChI=1S/C32H34Cl2N4O3/c1-32(2,3)41-31(40)37-27(17-20-12-14-22(15-13-20)21-9-5-4-6-10-21)30(39)38-16-8-7-11-28(38)29-35-25-18-23(33)24(34)19-26(25)36-29/h4-6,9-10,12-15,18-19,27-28H,7-8,11,16-17H2,1-3H3,(H,35,36)(H,37,40)/t27-,28-/m0/s1. The van der Waals surface area contributed by atoms with Gasteiger partial charge in [-0.2, -0.15) is 0 Å². The quantitative estimate of drug-likeness (QED) is 0.240. The zero-order valence-corrected chi connectivity index (χ0v) is 24.9. The van der Waals surface area contributed by atoms with Crippen LogP contribution in [-0.4, -0.2) is 45.1 Å². The summed E-state index contributed by atoms with van der Waals surface area (Å²) in [6.07, 6.45) is 2.27. The van der Waals surface area contributed by atoms with E-state index in [2.05, 4.69) is 22.4 Å². The number of likely N-dealkylation sites (tertiary alicyclic amines) is 1. The van der Waals surface area contributed by atoms with Gasteiger partial charge in [-0.1, -0.05) is 77.8 Å². The Hall–Kier alpha value is -3.55. The number of alkyl carbamates (subject to hydrolysis) is 1. The van der Waals surface area contributed by atoms with Gasteiger partial charge in [0.15, 0.2) is 0 Å². The molecule has 2 heterocycles. The van der Waals surface area contributed by atoms with Crippen LogP contribution in [0.1, 0.15) is 57.5 Å². The molecule has 2 atom stereocenters. The van der Waals surface area contributed by atoms with Crippen molar-refractivity contribution in [2.24, 2.45) is 0 Å². The maximum atomic E-state index is 14.2. The maximum absolute atomic E-state index is 14.2. The number of carbonyl (C=O) groups excluding carboxylic acids is 2. The lowest BCUT2D eigenvalue weighted by Gasteiger charge is -2.37. The summed E-state index contributed by atoms with van der Waals surface area (Å²) in [5.74, 6) is 0.499. The first-order valence-corrected chi connectivity index (χ1v) is 14.6. The molecule has 5 rings (SSSR count). The van der Waals surface area contributed by atoms with Crippen molar-refractivity contribution in [3.63, 3.8) is 0 Å². The fourth-order valence-electron chi connectivity index (χ4n) is 5.21. The van der Waals surface area contributed by atoms with Crippen molar-refractivity contribution in [2.75, 3.05) is 6.54 Å². The summed E-state index contributed by atoms with van der Waals surface area (Å²) < 4.78 is 5.53. The molecule has 214 valence electrons. The van der Waals surface area contributed by atoms with E-state index in [-0.39, 0.29) is 11.9 Å². The second kappa shape index (κ2) is 12.1. The van der Waals surface area contributed by atoms with Crippen LogP contribution < -0.4 is 5.32 Å². The lowest BCUT2D eigenvalue weighted by atomic mass is 9.97. The number of nitrogens with one attached hydrogen (secondary N) is 2. The molecule has 7 nitrogen and oxygen atoms in total. The first kappa shape index (κ1) is 29.0. The Morgan fingerprint density at radius 3 is 2.41 bits per heavy atom. The van der Waals surface area contributed by atoms with E-state index in [0.29, 0.717) is 34.4 Å². The normalized spacial score (nSPS) is 16.4. The molecule has 4 aromatic rings. The number of fused-ring (bicyclic) bond motifs is 1. The van der Waals surface area contributed by atoms with Crippen LogP contribution >= 0.6 is 23.2 Å². The average Bonchev–Trinajstić information content (AvgIpc) is 3.35. The first-order chi connectivity index (χ1) is 19.6. The number of ether oxygens (including phenoxy) is 1. The molecule has 0 radical (unpaired) electrons. The van der Waals surface area contributed by atoms with Gasteiger partial charge in [-0.05, 0) is 68.9 Å². The van der Waals surface area contributed by atoms with Crippen molar-refractivity contribution in [3.8, 4) is 11.1 Å². The molecule has 3 aromatic carbocycles. The minimum Gasteiger partial charge on any atom is -0.444 e. The van der Waals surface area contributed by atoms with Crippen molar-refractivity contribution in [2.45, 2.75) is 64.1 Å². The summed E-state index contributed by atoms with van der Waals surface area (Å²) in [5, 5.41) is 3.72. The van der Waals surface area contributed by atoms with Crippen molar-refractivity contribution < 1.29 is 14.3 Å². The van der Waals surface area contributed by atoms with Gasteiger partial charge in [0, 0.05) is 13.0 Å². The zero-order valence-electron chi connectivity index (χ0n) is 23.4. The molecular formula is C32H34Cl2N4O3. The van der Waals surface area contributed by atoms with Crippen molar-refractivity contribution in [1.82, 2.24) is 20.2 Å². The Balaban J connectivity index is 1.41. The molecule has 1 aromatic heterocycles. The molecular weight excluding hydrogens is 559 g/mol. The smallest absolute Gasteiger partial charge is 0.408 e. The highest BCUT2D eigenvalue weighted by atomic mass is 35.5. The number of carbonyl (C=O) groups is 2. The van der Waals surface area contributed by atoms with Crippen LogP contribution in [0.15, 0.2) is 66.7 Å². The highest BCUT2D eigenvalue weighted by Crippen LogP contribution is 2.33. The van der Waals surface area contributed by atoms with Gasteiger partial charge < -0.3 is 19.9 Å². The van der Waals surface area contributed by atoms with Crippen LogP contribution in [0.3, 0.4) is 0 Å². The van der Waals surface area contributed by atoms with E-state index in [0.717, 1.165) is 41.5 Å². The van der Waals surface area contributed by atoms with Gasteiger partial charge in [0.2, 0.25) is 5.91 Å². The molecule has 0 bridgehead atoms. The van der Waals surface area contributed by atoms with Crippen molar-refractivity contribution in [3.05, 3.63) is 88.2 Å². The summed E-state index contributed by atoms with van der Waals surface area (Å²) in [5.41, 5.74) is 3.88. The average molecular weight is 594 g/mol. The number of benzene rings is 3. The number of nitrogens with zero attached hydrogens (tertiary/aromatic N) is 2. The minimum atomic E-state index is -0.818. The Labute approximate surface area is 250 Å². The van der Waals surface area contributed by atoms with Gasteiger partial charge in [0.05, 0.1) is 27.1 Å². The van der Waals surface area contributed by atoms with Gasteiger partial charge in [-0.3, -0.25) is 4.79 Å². The number of rotatable bonds is 6. The minimum absolute atomic E-state index is 0.177. The number of hydrogen-bond acceptors (Lipinski definition) is 4. The molecule has 2 amide bonds. The molecule has 0 aliphatic carbocycles. The highest BCUT2D eigenvalue weighted by Gasteiger charge is 2.35. The SMILES string of the molecule is CC(C)(C)OC(=O)N[C@@H](Cc1ccc(-c2ccccc2)cc1)C(=O)N1CCCC[C@H]1c1nc2cc(Cl)c(Cl)cc2[nH]1. The van der Waals surface area contributed by atoms with E-state index in [1.54, 1.807) is 32.9 Å². The Kier molecular flexibility index (Phi) is 8.57. The largest absolute Gasteiger partial charge is 0.444 e. The second-order valence-electron chi connectivity index (χ2n) is 11.4. The monoisotopic (exact) mass is 592 g/mol. The Bertz CT molecular complexity index is 1490. The molecule has 1 fully saturated rings. The van der Waals surface area contributed by atoms with Crippen LogP contribution in [0, 0.1) is 0 Å². The van der Waals surface area contributed by atoms with Crippen LogP contribution in [0.4, 0.5) is 4.79 Å². The predicted molar refractivity (Wildman–Crippen MR) is 163 cm³/mol. The molecule has 9 heteroatoms. The van der Waals surface area contributed by atoms with Crippen LogP contribution in [0.25, 0.3) is 22.2 Å². The van der Waals surface area contributed by atoms with Crippen molar-refractivity contribution >= 4 is 46.2 Å². The third kappa shape index (κ3) is 7.03. The summed E-state index contributed by atoms with van der Waals surface area (Å²) in [6.45, 7) is 5.95. The summed E-state index contributed by atoms with van der Waals surface area (Å²) in [6, 6.07) is 20.6. The zero-order chi connectivity index (χ0) is 29.1. The molecule has 2 N–H and O–H groups in total. The van der Waals surface area contributed by atoms with Gasteiger partial charge in [0.1, 0.15) is 17.5 Å². The van der Waals surface area contributed by atoms with E-state index < -0.39 is 17.7 Å². The Morgan fingerprint density at radius 2 is 1.71 bits per heavy atom. The number of amides is 2. The van der Waals surface area contributed by atoms with E-state index in [4.69, 9.17) is 32.9 Å². The fraction of sp³-hybridized carbons (Fsp3) is 0.344. The second-order valence-corrected chi connectivity index (χ2v) is 12.2. The van der Waals surface area contributed by atoms with Crippen molar-refractivity contribution in [1.29, 1.82) is 0 Å². The number of imidazole rings is 1. The summed E-state index contributed by atoms with van der Waals surface area (Å²) in [7, 11) is 0. The lowest BCUT2D eigenvalue weighted by molar-refractivity contribution is -0.137. The summed E-state index contributed by atoms with van der Waals surface area (Å²) >= 11 is 12.4. The van der Waals surface area contributed by atoms with Gasteiger partial charge in [-0.25, -0.2) is 9.78 Å². The number of H-pyrrole nitrogens is 1. The van der Waals surface area contributed by atoms with Gasteiger partial charge in [-0.15, -0.1) is 0 Å². The van der Waals surface area contributed by atoms with Crippen LogP contribution in [0.5, 0.6) is 0 Å². The molecule has 1 aliphatic heterocycles. The molecule has 1 aliphatic rings. The predicted octanol–water partition coefficient (Wildman–Crippen LogP) is 7.73.